The van der Waals surface area contributed by atoms with Gasteiger partial charge in [-0.3, -0.25) is 4.79 Å². The van der Waals surface area contributed by atoms with Gasteiger partial charge in [-0.15, -0.1) is 0 Å². The standard InChI is InChI=1S/C11H20N4O2/c1-9-3-5-11(6-4-9,10(16)17-2)13-7-8-14-15-12/h9,13H,3-8H2,1-2H3. The molecule has 6 nitrogen and oxygen atoms in total. The lowest BCUT2D eigenvalue weighted by Gasteiger charge is -2.37. The number of ether oxygens (including phenoxy) is 1. The molecule has 0 aliphatic heterocycles. The van der Waals surface area contributed by atoms with E-state index >= 15 is 0 Å². The highest BCUT2D eigenvalue weighted by molar-refractivity contribution is 5.80. The van der Waals surface area contributed by atoms with Crippen molar-refractivity contribution < 1.29 is 9.53 Å². The van der Waals surface area contributed by atoms with Crippen molar-refractivity contribution in [3.63, 3.8) is 0 Å². The molecule has 17 heavy (non-hydrogen) atoms. The normalized spacial score (nSPS) is 28.2. The fourth-order valence-corrected chi connectivity index (χ4v) is 2.29. The molecule has 0 saturated heterocycles. The van der Waals surface area contributed by atoms with E-state index in [9.17, 15) is 4.79 Å². The largest absolute Gasteiger partial charge is 0.468 e. The Labute approximate surface area is 101 Å². The average molecular weight is 240 g/mol. The molecule has 0 radical (unpaired) electrons. The van der Waals surface area contributed by atoms with E-state index in [2.05, 4.69) is 22.3 Å². The molecule has 0 amide bonds. The van der Waals surface area contributed by atoms with Crippen LogP contribution in [0.5, 0.6) is 0 Å². The SMILES string of the molecule is COC(=O)C1(NCCN=[N+]=[N-])CCC(C)CC1. The van der Waals surface area contributed by atoms with Gasteiger partial charge >= 0.3 is 5.97 Å². The second-order valence-electron chi connectivity index (χ2n) is 4.64. The van der Waals surface area contributed by atoms with Crippen molar-refractivity contribution in [2.45, 2.75) is 38.1 Å². The number of nitrogens with zero attached hydrogens (tertiary/aromatic N) is 3. The van der Waals surface area contributed by atoms with Gasteiger partial charge in [0, 0.05) is 18.0 Å². The second-order valence-corrected chi connectivity index (χ2v) is 4.64. The molecule has 1 saturated carbocycles. The highest BCUT2D eigenvalue weighted by Gasteiger charge is 2.41. The van der Waals surface area contributed by atoms with Gasteiger partial charge in [-0.05, 0) is 37.1 Å². The molecule has 1 rings (SSSR count). The molecule has 0 aromatic carbocycles. The van der Waals surface area contributed by atoms with Crippen LogP contribution < -0.4 is 5.32 Å². The first-order chi connectivity index (χ1) is 8.14. The molecule has 0 atom stereocenters. The summed E-state index contributed by atoms with van der Waals surface area (Å²) in [6, 6.07) is 0. The number of carbonyl (C=O) groups excluding carboxylic acids is 1. The summed E-state index contributed by atoms with van der Waals surface area (Å²) in [6.07, 6.45) is 3.61. The van der Waals surface area contributed by atoms with Gasteiger partial charge in [-0.1, -0.05) is 12.0 Å². The first-order valence-corrected chi connectivity index (χ1v) is 5.99. The number of hydrogen-bond acceptors (Lipinski definition) is 4. The van der Waals surface area contributed by atoms with E-state index in [0.717, 1.165) is 25.7 Å². The smallest absolute Gasteiger partial charge is 0.326 e. The van der Waals surface area contributed by atoms with Crippen LogP contribution in [0.4, 0.5) is 0 Å². The molecule has 1 fully saturated rings. The van der Waals surface area contributed by atoms with Crippen LogP contribution >= 0.6 is 0 Å². The Morgan fingerprint density at radius 2 is 2.24 bits per heavy atom. The summed E-state index contributed by atoms with van der Waals surface area (Å²) in [5.41, 5.74) is 7.62. The number of esters is 1. The summed E-state index contributed by atoms with van der Waals surface area (Å²) in [5.74, 6) is 0.456. The molecule has 1 aliphatic rings. The number of nitrogens with one attached hydrogen (secondary N) is 1. The molecular formula is C11H20N4O2. The maximum atomic E-state index is 11.9. The lowest BCUT2D eigenvalue weighted by molar-refractivity contribution is -0.150. The zero-order valence-corrected chi connectivity index (χ0v) is 10.5. The second kappa shape index (κ2) is 6.47. The van der Waals surface area contributed by atoms with Gasteiger partial charge in [-0.2, -0.15) is 0 Å². The van der Waals surface area contributed by atoms with Gasteiger partial charge < -0.3 is 10.1 Å². The maximum Gasteiger partial charge on any atom is 0.326 e. The highest BCUT2D eigenvalue weighted by atomic mass is 16.5. The minimum Gasteiger partial charge on any atom is -0.468 e. The third-order valence-corrected chi connectivity index (χ3v) is 3.44. The molecule has 1 N–H and O–H groups in total. The van der Waals surface area contributed by atoms with E-state index in [0.29, 0.717) is 19.0 Å². The van der Waals surface area contributed by atoms with E-state index < -0.39 is 5.54 Å². The predicted molar refractivity (Wildman–Crippen MR) is 64.4 cm³/mol. The van der Waals surface area contributed by atoms with Crippen molar-refractivity contribution in [3.8, 4) is 0 Å². The molecule has 0 unspecified atom stereocenters. The van der Waals surface area contributed by atoms with Crippen molar-refractivity contribution in [1.29, 1.82) is 0 Å². The molecule has 0 aromatic heterocycles. The minimum atomic E-state index is -0.577. The van der Waals surface area contributed by atoms with Crippen LogP contribution in [0.3, 0.4) is 0 Å². The molecule has 1 aliphatic carbocycles. The quantitative estimate of drug-likeness (QED) is 0.262. The molecule has 0 heterocycles. The third kappa shape index (κ3) is 3.61. The van der Waals surface area contributed by atoms with Gasteiger partial charge in [0.2, 0.25) is 0 Å². The third-order valence-electron chi connectivity index (χ3n) is 3.44. The molecule has 0 aromatic rings. The number of rotatable bonds is 5. The average Bonchev–Trinajstić information content (AvgIpc) is 2.36. The summed E-state index contributed by atoms with van der Waals surface area (Å²) < 4.78 is 4.88. The van der Waals surface area contributed by atoms with E-state index in [1.807, 2.05) is 0 Å². The molecule has 0 bridgehead atoms. The van der Waals surface area contributed by atoms with Crippen molar-refractivity contribution in [3.05, 3.63) is 10.4 Å². The van der Waals surface area contributed by atoms with Gasteiger partial charge in [0.25, 0.3) is 0 Å². The monoisotopic (exact) mass is 240 g/mol. The van der Waals surface area contributed by atoms with Crippen LogP contribution in [-0.2, 0) is 9.53 Å². The topological polar surface area (TPSA) is 87.1 Å². The van der Waals surface area contributed by atoms with E-state index in [4.69, 9.17) is 10.3 Å². The molecule has 6 heteroatoms. The highest BCUT2D eigenvalue weighted by Crippen LogP contribution is 2.32. The first-order valence-electron chi connectivity index (χ1n) is 5.99. The lowest BCUT2D eigenvalue weighted by atomic mass is 9.77. The van der Waals surface area contributed by atoms with Crippen LogP contribution in [0.15, 0.2) is 5.11 Å². The van der Waals surface area contributed by atoms with Gasteiger partial charge in [0.15, 0.2) is 0 Å². The molecular weight excluding hydrogens is 220 g/mol. The van der Waals surface area contributed by atoms with Crippen LogP contribution in [0.1, 0.15) is 32.6 Å². The number of azide groups is 1. The van der Waals surface area contributed by atoms with Crippen molar-refractivity contribution in [1.82, 2.24) is 5.32 Å². The summed E-state index contributed by atoms with van der Waals surface area (Å²) in [7, 11) is 1.41. The predicted octanol–water partition coefficient (Wildman–Crippen LogP) is 2.01. The first kappa shape index (κ1) is 13.8. The van der Waals surface area contributed by atoms with E-state index in [-0.39, 0.29) is 5.97 Å². The minimum absolute atomic E-state index is 0.203. The Morgan fingerprint density at radius 3 is 2.76 bits per heavy atom. The van der Waals surface area contributed by atoms with E-state index in [1.165, 1.54) is 7.11 Å². The van der Waals surface area contributed by atoms with Crippen molar-refractivity contribution >= 4 is 5.97 Å². The Balaban J connectivity index is 2.59. The van der Waals surface area contributed by atoms with Gasteiger partial charge in [0.1, 0.15) is 5.54 Å². The van der Waals surface area contributed by atoms with Crippen molar-refractivity contribution in [2.24, 2.45) is 11.0 Å². The Bertz CT molecular complexity index is 305. The number of hydrogen-bond donors (Lipinski definition) is 1. The molecule has 96 valence electrons. The number of carbonyl (C=O) groups is 1. The van der Waals surface area contributed by atoms with Crippen LogP contribution in [-0.4, -0.2) is 31.7 Å². The van der Waals surface area contributed by atoms with Crippen LogP contribution in [0.25, 0.3) is 10.4 Å². The number of methoxy groups -OCH3 is 1. The van der Waals surface area contributed by atoms with Gasteiger partial charge in [-0.25, -0.2) is 0 Å². The summed E-state index contributed by atoms with van der Waals surface area (Å²) >= 11 is 0. The van der Waals surface area contributed by atoms with Crippen LogP contribution in [0, 0.1) is 5.92 Å². The van der Waals surface area contributed by atoms with Gasteiger partial charge in [0.05, 0.1) is 7.11 Å². The Morgan fingerprint density at radius 1 is 1.59 bits per heavy atom. The van der Waals surface area contributed by atoms with E-state index in [1.54, 1.807) is 0 Å². The summed E-state index contributed by atoms with van der Waals surface area (Å²) in [5, 5.41) is 6.66. The fraction of sp³-hybridized carbons (Fsp3) is 0.909. The zero-order valence-electron chi connectivity index (χ0n) is 10.5. The van der Waals surface area contributed by atoms with Crippen LogP contribution in [0.2, 0.25) is 0 Å². The maximum absolute atomic E-state index is 11.9. The molecule has 0 spiro atoms. The lowest BCUT2D eigenvalue weighted by Crippen LogP contribution is -2.55. The summed E-state index contributed by atoms with van der Waals surface area (Å²) in [4.78, 5) is 14.6. The Kier molecular flexibility index (Phi) is 5.25. The fourth-order valence-electron chi connectivity index (χ4n) is 2.29. The van der Waals surface area contributed by atoms with Crippen molar-refractivity contribution in [2.75, 3.05) is 20.2 Å². The Hall–Kier alpha value is -1.26. The zero-order chi connectivity index (χ0) is 12.7. The summed E-state index contributed by atoms with van der Waals surface area (Å²) in [6.45, 7) is 3.06.